The molecule has 1 aliphatic rings. The van der Waals surface area contributed by atoms with E-state index in [1.807, 2.05) is 25.3 Å². The first-order valence-electron chi connectivity index (χ1n) is 7.08. The van der Waals surface area contributed by atoms with E-state index in [1.54, 1.807) is 22.7 Å². The molecule has 21 heavy (non-hydrogen) atoms. The lowest BCUT2D eigenvalue weighted by Crippen LogP contribution is -2.42. The maximum atomic E-state index is 12.3. The highest BCUT2D eigenvalue weighted by molar-refractivity contribution is 7.98. The van der Waals surface area contributed by atoms with Crippen LogP contribution in [0.15, 0.2) is 23.1 Å². The van der Waals surface area contributed by atoms with Crippen LogP contribution in [0.5, 0.6) is 0 Å². The van der Waals surface area contributed by atoms with Gasteiger partial charge >= 0.3 is 6.03 Å². The fraction of sp³-hybridized carbons (Fsp3) is 0.533. The number of carbonyl (C=O) groups excluding carboxylic acids is 1. The zero-order chi connectivity index (χ0) is 15.4. The second-order valence-corrected chi connectivity index (χ2v) is 6.62. The monoisotopic (exact) mass is 328 g/mol. The number of urea groups is 1. The van der Waals surface area contributed by atoms with Crippen molar-refractivity contribution < 1.29 is 9.90 Å². The van der Waals surface area contributed by atoms with Gasteiger partial charge in [-0.25, -0.2) is 4.79 Å². The van der Waals surface area contributed by atoms with E-state index < -0.39 is 0 Å². The number of rotatable bonds is 3. The van der Waals surface area contributed by atoms with Gasteiger partial charge in [0.05, 0.1) is 11.8 Å². The van der Waals surface area contributed by atoms with Crippen LogP contribution in [-0.4, -0.2) is 41.5 Å². The number of anilines is 1. The second kappa shape index (κ2) is 7.38. The van der Waals surface area contributed by atoms with Gasteiger partial charge in [0.1, 0.15) is 0 Å². The van der Waals surface area contributed by atoms with Crippen LogP contribution in [0.25, 0.3) is 0 Å². The van der Waals surface area contributed by atoms with Crippen molar-refractivity contribution in [1.29, 1.82) is 0 Å². The number of nitrogens with zero attached hydrogens (tertiary/aromatic N) is 1. The molecule has 4 nitrogen and oxygen atoms in total. The van der Waals surface area contributed by atoms with E-state index in [1.165, 1.54) is 0 Å². The standard InChI is InChI=1S/C15H21ClN2O2S/c1-10(19)11-5-7-18(8-6-11)15(20)17-13-9-12(16)3-4-14(13)21-2/h3-4,9-11,19H,5-8H2,1-2H3,(H,17,20). The third-order valence-corrected chi connectivity index (χ3v) is 4.94. The summed E-state index contributed by atoms with van der Waals surface area (Å²) in [7, 11) is 0. The zero-order valence-electron chi connectivity index (χ0n) is 12.3. The summed E-state index contributed by atoms with van der Waals surface area (Å²) in [5, 5.41) is 13.1. The Morgan fingerprint density at radius 1 is 1.48 bits per heavy atom. The van der Waals surface area contributed by atoms with Gasteiger partial charge in [0.2, 0.25) is 0 Å². The van der Waals surface area contributed by atoms with Crippen LogP contribution in [0.1, 0.15) is 19.8 Å². The quantitative estimate of drug-likeness (QED) is 0.832. The molecule has 0 radical (unpaired) electrons. The Hall–Kier alpha value is -0.910. The molecule has 0 saturated carbocycles. The highest BCUT2D eigenvalue weighted by atomic mass is 35.5. The maximum Gasteiger partial charge on any atom is 0.321 e. The summed E-state index contributed by atoms with van der Waals surface area (Å²) in [6.45, 7) is 3.17. The van der Waals surface area contributed by atoms with Gasteiger partial charge in [-0.05, 0) is 50.1 Å². The summed E-state index contributed by atoms with van der Waals surface area (Å²) in [4.78, 5) is 15.1. The Morgan fingerprint density at radius 2 is 2.14 bits per heavy atom. The minimum Gasteiger partial charge on any atom is -0.393 e. The number of aliphatic hydroxyl groups excluding tert-OH is 1. The van der Waals surface area contributed by atoms with Crippen LogP contribution in [0.3, 0.4) is 0 Å². The van der Waals surface area contributed by atoms with E-state index in [0.717, 1.165) is 23.4 Å². The lowest BCUT2D eigenvalue weighted by molar-refractivity contribution is 0.0820. The van der Waals surface area contributed by atoms with Crippen LogP contribution in [0.4, 0.5) is 10.5 Å². The van der Waals surface area contributed by atoms with Crippen molar-refractivity contribution in [3.8, 4) is 0 Å². The molecule has 1 aromatic carbocycles. The Bertz CT molecular complexity index is 502. The molecular formula is C15H21ClN2O2S. The highest BCUT2D eigenvalue weighted by Crippen LogP contribution is 2.29. The Labute approximate surface area is 134 Å². The molecule has 0 aliphatic carbocycles. The first-order valence-corrected chi connectivity index (χ1v) is 8.69. The van der Waals surface area contributed by atoms with Gasteiger partial charge < -0.3 is 15.3 Å². The fourth-order valence-electron chi connectivity index (χ4n) is 2.56. The number of aliphatic hydroxyl groups is 1. The molecule has 1 fully saturated rings. The van der Waals surface area contributed by atoms with E-state index in [0.29, 0.717) is 24.0 Å². The highest BCUT2D eigenvalue weighted by Gasteiger charge is 2.25. The van der Waals surface area contributed by atoms with Crippen LogP contribution >= 0.6 is 23.4 Å². The summed E-state index contributed by atoms with van der Waals surface area (Å²) in [5.41, 5.74) is 0.748. The minimum atomic E-state index is -0.300. The number of hydrogen-bond acceptors (Lipinski definition) is 3. The number of piperidine rings is 1. The fourth-order valence-corrected chi connectivity index (χ4v) is 3.26. The van der Waals surface area contributed by atoms with E-state index >= 15 is 0 Å². The topological polar surface area (TPSA) is 52.6 Å². The van der Waals surface area contributed by atoms with Gasteiger partial charge in [-0.3, -0.25) is 0 Å². The molecule has 1 aromatic rings. The number of hydrogen-bond donors (Lipinski definition) is 2. The summed E-state index contributed by atoms with van der Waals surface area (Å²) in [6.07, 6.45) is 3.35. The average Bonchev–Trinajstić information content (AvgIpc) is 2.47. The molecule has 0 aromatic heterocycles. The van der Waals surface area contributed by atoms with Crippen molar-refractivity contribution in [3.63, 3.8) is 0 Å². The number of likely N-dealkylation sites (tertiary alicyclic amines) is 1. The van der Waals surface area contributed by atoms with Crippen molar-refractivity contribution in [2.24, 2.45) is 5.92 Å². The molecule has 1 unspecified atom stereocenters. The zero-order valence-corrected chi connectivity index (χ0v) is 13.9. The second-order valence-electron chi connectivity index (χ2n) is 5.34. The van der Waals surface area contributed by atoms with Crippen molar-refractivity contribution in [2.75, 3.05) is 24.7 Å². The van der Waals surface area contributed by atoms with E-state index in [9.17, 15) is 9.90 Å². The smallest absolute Gasteiger partial charge is 0.321 e. The molecule has 6 heteroatoms. The van der Waals surface area contributed by atoms with Crippen molar-refractivity contribution >= 4 is 35.1 Å². The van der Waals surface area contributed by atoms with Crippen LogP contribution in [-0.2, 0) is 0 Å². The third kappa shape index (κ3) is 4.28. The molecule has 2 rings (SSSR count). The lowest BCUT2D eigenvalue weighted by Gasteiger charge is -2.33. The molecule has 1 atom stereocenters. The number of halogens is 1. The van der Waals surface area contributed by atoms with Crippen molar-refractivity contribution in [1.82, 2.24) is 4.90 Å². The largest absolute Gasteiger partial charge is 0.393 e. The van der Waals surface area contributed by atoms with E-state index in [2.05, 4.69) is 5.32 Å². The van der Waals surface area contributed by atoms with Crippen LogP contribution in [0, 0.1) is 5.92 Å². The maximum absolute atomic E-state index is 12.3. The SMILES string of the molecule is CSc1ccc(Cl)cc1NC(=O)N1CCC(C(C)O)CC1. The third-order valence-electron chi connectivity index (χ3n) is 3.91. The van der Waals surface area contributed by atoms with E-state index in [4.69, 9.17) is 11.6 Å². The normalized spacial score (nSPS) is 17.6. The van der Waals surface area contributed by atoms with E-state index in [-0.39, 0.29) is 12.1 Å². The first kappa shape index (κ1) is 16.5. The summed E-state index contributed by atoms with van der Waals surface area (Å²) in [6, 6.07) is 5.39. The first-order chi connectivity index (χ1) is 10.0. The van der Waals surface area contributed by atoms with Gasteiger partial charge in [-0.1, -0.05) is 11.6 Å². The van der Waals surface area contributed by atoms with Crippen molar-refractivity contribution in [3.05, 3.63) is 23.2 Å². The number of carbonyl (C=O) groups is 1. The van der Waals surface area contributed by atoms with Gasteiger partial charge in [0, 0.05) is 23.0 Å². The van der Waals surface area contributed by atoms with Gasteiger partial charge in [-0.2, -0.15) is 0 Å². The molecule has 1 saturated heterocycles. The number of thioether (sulfide) groups is 1. The predicted octanol–water partition coefficient (Wildman–Crippen LogP) is 3.69. The van der Waals surface area contributed by atoms with Crippen LogP contribution < -0.4 is 5.32 Å². The molecule has 1 aliphatic heterocycles. The summed E-state index contributed by atoms with van der Waals surface area (Å²) in [5.74, 6) is 0.293. The molecule has 116 valence electrons. The van der Waals surface area contributed by atoms with Gasteiger partial charge in [0.15, 0.2) is 0 Å². The predicted molar refractivity (Wildman–Crippen MR) is 88.2 cm³/mol. The average molecular weight is 329 g/mol. The number of benzene rings is 1. The molecule has 2 N–H and O–H groups in total. The Morgan fingerprint density at radius 3 is 2.71 bits per heavy atom. The Balaban J connectivity index is 1.98. The number of amides is 2. The summed E-state index contributed by atoms with van der Waals surface area (Å²) < 4.78 is 0. The lowest BCUT2D eigenvalue weighted by atomic mass is 9.92. The molecular weight excluding hydrogens is 308 g/mol. The summed E-state index contributed by atoms with van der Waals surface area (Å²) >= 11 is 7.57. The molecule has 0 bridgehead atoms. The van der Waals surface area contributed by atoms with Gasteiger partial charge in [-0.15, -0.1) is 11.8 Å². The van der Waals surface area contributed by atoms with Crippen LogP contribution in [0.2, 0.25) is 5.02 Å². The minimum absolute atomic E-state index is 0.100. The molecule has 0 spiro atoms. The van der Waals surface area contributed by atoms with Gasteiger partial charge in [0.25, 0.3) is 0 Å². The molecule has 1 heterocycles. The Kier molecular flexibility index (Phi) is 5.79. The van der Waals surface area contributed by atoms with Crippen molar-refractivity contribution in [2.45, 2.75) is 30.8 Å². The number of nitrogens with one attached hydrogen (secondary N) is 1. The molecule has 2 amide bonds.